The van der Waals surface area contributed by atoms with Crippen LogP contribution in [0.2, 0.25) is 0 Å². The number of benzene rings is 2. The molecule has 1 unspecified atom stereocenters. The molecule has 1 aliphatic heterocycles. The van der Waals surface area contributed by atoms with Crippen LogP contribution < -0.4 is 15.1 Å². The third kappa shape index (κ3) is 4.25. The van der Waals surface area contributed by atoms with E-state index in [2.05, 4.69) is 72.8 Å². The van der Waals surface area contributed by atoms with Gasteiger partial charge in [-0.1, -0.05) is 43.3 Å². The van der Waals surface area contributed by atoms with Gasteiger partial charge in [-0.15, -0.1) is 0 Å². The lowest BCUT2D eigenvalue weighted by Gasteiger charge is -2.33. The van der Waals surface area contributed by atoms with Crippen molar-refractivity contribution in [2.24, 2.45) is 0 Å². The molecule has 3 rings (SSSR count). The lowest BCUT2D eigenvalue weighted by molar-refractivity contribution is -0.945. The zero-order chi connectivity index (χ0) is 18.5. The molecule has 138 valence electrons. The maximum Gasteiger partial charge on any atom is 0.219 e. The monoisotopic (exact) mass is 352 g/mol. The summed E-state index contributed by atoms with van der Waals surface area (Å²) in [5.74, 6) is 0.122. The van der Waals surface area contributed by atoms with Crippen LogP contribution in [0.4, 0.5) is 5.69 Å². The van der Waals surface area contributed by atoms with Crippen LogP contribution in [-0.4, -0.2) is 33.1 Å². The Kier molecular flexibility index (Phi) is 5.94. The molecule has 2 aromatic carbocycles. The van der Waals surface area contributed by atoms with E-state index < -0.39 is 0 Å². The molecular weight excluding hydrogens is 322 g/mol. The highest BCUT2D eigenvalue weighted by molar-refractivity contribution is 5.75. The van der Waals surface area contributed by atoms with Gasteiger partial charge in [0.15, 0.2) is 0 Å². The van der Waals surface area contributed by atoms with Crippen molar-refractivity contribution in [2.75, 3.05) is 32.1 Å². The van der Waals surface area contributed by atoms with E-state index >= 15 is 0 Å². The first kappa shape index (κ1) is 18.5. The molecule has 4 heteroatoms. The van der Waals surface area contributed by atoms with Crippen molar-refractivity contribution in [1.82, 2.24) is 5.32 Å². The SMILES string of the molecule is CCC(=O)NC[C@@H](c1ccc(N(C)C)cc1)[NH+]1CCc2ccccc2C1. The van der Waals surface area contributed by atoms with Gasteiger partial charge in [-0.3, -0.25) is 4.79 Å². The number of anilines is 1. The van der Waals surface area contributed by atoms with E-state index in [0.717, 1.165) is 19.5 Å². The number of rotatable bonds is 6. The molecule has 0 aliphatic carbocycles. The van der Waals surface area contributed by atoms with Crippen molar-refractivity contribution in [3.63, 3.8) is 0 Å². The van der Waals surface area contributed by atoms with Crippen LogP contribution >= 0.6 is 0 Å². The first-order valence-electron chi connectivity index (χ1n) is 9.53. The predicted octanol–water partition coefficient (Wildman–Crippen LogP) is 1.96. The molecule has 2 aromatic rings. The van der Waals surface area contributed by atoms with Crippen LogP contribution in [-0.2, 0) is 17.8 Å². The van der Waals surface area contributed by atoms with Gasteiger partial charge in [0.05, 0.1) is 13.1 Å². The second-order valence-corrected chi connectivity index (χ2v) is 7.30. The normalized spacial score (nSPS) is 17.3. The van der Waals surface area contributed by atoms with E-state index in [1.165, 1.54) is 27.3 Å². The molecule has 2 N–H and O–H groups in total. The van der Waals surface area contributed by atoms with Crippen molar-refractivity contribution < 1.29 is 9.69 Å². The van der Waals surface area contributed by atoms with Gasteiger partial charge in [0.2, 0.25) is 5.91 Å². The molecule has 0 saturated heterocycles. The highest BCUT2D eigenvalue weighted by Crippen LogP contribution is 2.18. The molecule has 0 fully saturated rings. The van der Waals surface area contributed by atoms with E-state index in [4.69, 9.17) is 0 Å². The van der Waals surface area contributed by atoms with Gasteiger partial charge in [0.25, 0.3) is 0 Å². The third-order valence-electron chi connectivity index (χ3n) is 5.38. The van der Waals surface area contributed by atoms with Crippen LogP contribution in [0, 0.1) is 0 Å². The molecule has 0 radical (unpaired) electrons. The van der Waals surface area contributed by atoms with Gasteiger partial charge in [0, 0.05) is 43.8 Å². The minimum atomic E-state index is 0.122. The number of amides is 1. The van der Waals surface area contributed by atoms with Crippen molar-refractivity contribution in [2.45, 2.75) is 32.4 Å². The number of nitrogens with zero attached hydrogens (tertiary/aromatic N) is 1. The fourth-order valence-corrected chi connectivity index (χ4v) is 3.74. The third-order valence-corrected chi connectivity index (χ3v) is 5.38. The number of fused-ring (bicyclic) bond motifs is 1. The fraction of sp³-hybridized carbons (Fsp3) is 0.409. The first-order chi connectivity index (χ1) is 12.6. The molecule has 26 heavy (non-hydrogen) atoms. The second-order valence-electron chi connectivity index (χ2n) is 7.30. The topological polar surface area (TPSA) is 36.8 Å². The Hall–Kier alpha value is -2.33. The summed E-state index contributed by atoms with van der Waals surface area (Å²) in [6.07, 6.45) is 1.63. The van der Waals surface area contributed by atoms with Gasteiger partial charge in [-0.25, -0.2) is 0 Å². The molecule has 0 spiro atoms. The summed E-state index contributed by atoms with van der Waals surface area (Å²) < 4.78 is 0. The van der Waals surface area contributed by atoms with Crippen molar-refractivity contribution in [1.29, 1.82) is 0 Å². The Morgan fingerprint density at radius 1 is 1.12 bits per heavy atom. The Bertz CT molecular complexity index is 739. The lowest BCUT2D eigenvalue weighted by Crippen LogP contribution is -3.12. The standard InChI is InChI=1S/C22H29N3O/c1-4-22(26)23-15-21(18-9-11-20(12-10-18)24(2)3)25-14-13-17-7-5-6-8-19(17)16-25/h5-12,21H,4,13-16H2,1-3H3,(H,23,26)/p+1/t21-/m0/s1. The molecule has 0 saturated carbocycles. The minimum absolute atomic E-state index is 0.122. The second kappa shape index (κ2) is 8.37. The molecule has 4 nitrogen and oxygen atoms in total. The maximum absolute atomic E-state index is 11.8. The summed E-state index contributed by atoms with van der Waals surface area (Å²) in [6.45, 7) is 4.70. The Morgan fingerprint density at radius 2 is 1.81 bits per heavy atom. The van der Waals surface area contributed by atoms with Crippen LogP contribution in [0.25, 0.3) is 0 Å². The Morgan fingerprint density at radius 3 is 2.46 bits per heavy atom. The van der Waals surface area contributed by atoms with E-state index in [-0.39, 0.29) is 11.9 Å². The van der Waals surface area contributed by atoms with E-state index in [9.17, 15) is 4.79 Å². The van der Waals surface area contributed by atoms with Gasteiger partial charge < -0.3 is 15.1 Å². The summed E-state index contributed by atoms with van der Waals surface area (Å²) in [5, 5.41) is 3.12. The summed E-state index contributed by atoms with van der Waals surface area (Å²) in [6, 6.07) is 17.8. The number of carbonyl (C=O) groups is 1. The van der Waals surface area contributed by atoms with Crippen molar-refractivity contribution in [3.8, 4) is 0 Å². The molecule has 1 heterocycles. The summed E-state index contributed by atoms with van der Waals surface area (Å²) >= 11 is 0. The largest absolute Gasteiger partial charge is 0.378 e. The van der Waals surface area contributed by atoms with E-state index in [1.54, 1.807) is 0 Å². The fourth-order valence-electron chi connectivity index (χ4n) is 3.74. The van der Waals surface area contributed by atoms with Gasteiger partial charge in [-0.05, 0) is 17.7 Å². The number of quaternary nitrogens is 1. The quantitative estimate of drug-likeness (QED) is 0.834. The highest BCUT2D eigenvalue weighted by atomic mass is 16.1. The lowest BCUT2D eigenvalue weighted by atomic mass is 9.96. The summed E-state index contributed by atoms with van der Waals surface area (Å²) in [5.41, 5.74) is 5.39. The van der Waals surface area contributed by atoms with E-state index in [1.807, 2.05) is 6.92 Å². The average molecular weight is 353 g/mol. The molecule has 0 aromatic heterocycles. The molecule has 0 bridgehead atoms. The van der Waals surface area contributed by atoms with Crippen LogP contribution in [0.15, 0.2) is 48.5 Å². The summed E-state index contributed by atoms with van der Waals surface area (Å²) in [7, 11) is 4.11. The van der Waals surface area contributed by atoms with Gasteiger partial charge in [0.1, 0.15) is 12.6 Å². The van der Waals surface area contributed by atoms with Gasteiger partial charge in [-0.2, -0.15) is 0 Å². The predicted molar refractivity (Wildman–Crippen MR) is 106 cm³/mol. The van der Waals surface area contributed by atoms with Crippen molar-refractivity contribution >= 4 is 11.6 Å². The van der Waals surface area contributed by atoms with Crippen LogP contribution in [0.1, 0.15) is 36.1 Å². The highest BCUT2D eigenvalue weighted by Gasteiger charge is 2.28. The zero-order valence-corrected chi connectivity index (χ0v) is 16.1. The van der Waals surface area contributed by atoms with Gasteiger partial charge >= 0.3 is 0 Å². The van der Waals surface area contributed by atoms with E-state index in [0.29, 0.717) is 13.0 Å². The van der Waals surface area contributed by atoms with Crippen molar-refractivity contribution in [3.05, 3.63) is 65.2 Å². The maximum atomic E-state index is 11.8. The molecule has 2 atom stereocenters. The Labute approximate surface area is 156 Å². The first-order valence-corrected chi connectivity index (χ1v) is 9.53. The smallest absolute Gasteiger partial charge is 0.219 e. The zero-order valence-electron chi connectivity index (χ0n) is 16.1. The average Bonchev–Trinajstić information content (AvgIpc) is 2.68. The number of nitrogens with one attached hydrogen (secondary N) is 2. The molecular formula is C22H30N3O+. The number of carbonyl (C=O) groups excluding carboxylic acids is 1. The van der Waals surface area contributed by atoms with Crippen LogP contribution in [0.3, 0.4) is 0 Å². The van der Waals surface area contributed by atoms with Crippen LogP contribution in [0.5, 0.6) is 0 Å². The summed E-state index contributed by atoms with van der Waals surface area (Å²) in [4.78, 5) is 15.5. The Balaban J connectivity index is 1.82. The molecule has 1 amide bonds. The number of hydrogen-bond donors (Lipinski definition) is 2. The minimum Gasteiger partial charge on any atom is -0.378 e. The molecule has 1 aliphatic rings. The number of hydrogen-bond acceptors (Lipinski definition) is 2.